The van der Waals surface area contributed by atoms with E-state index in [1.807, 2.05) is 59.2 Å². The number of hydrogen-bond donors (Lipinski definition) is 0. The van der Waals surface area contributed by atoms with Gasteiger partial charge in [0.2, 0.25) is 0 Å². The first-order valence-corrected chi connectivity index (χ1v) is 16.9. The number of carbonyl (C=O) groups is 1. The topological polar surface area (TPSA) is 79.7 Å². The summed E-state index contributed by atoms with van der Waals surface area (Å²) in [5.41, 5.74) is 5.84. The van der Waals surface area contributed by atoms with Gasteiger partial charge in [0.25, 0.3) is 0 Å². The fourth-order valence-corrected chi connectivity index (χ4v) is 6.09. The highest BCUT2D eigenvalue weighted by molar-refractivity contribution is 7.84. The largest absolute Gasteiger partial charge is 0.496 e. The molecule has 238 valence electrons. The first kappa shape index (κ1) is 33.9. The second kappa shape index (κ2) is 17.5. The Balaban J connectivity index is 1.36. The van der Waals surface area contributed by atoms with E-state index in [4.69, 9.17) is 14.2 Å². The van der Waals surface area contributed by atoms with Crippen molar-refractivity contribution in [3.05, 3.63) is 102 Å². The van der Waals surface area contributed by atoms with Crippen LogP contribution in [0.15, 0.2) is 84.2 Å². The Hall–Kier alpha value is -4.01. The first-order chi connectivity index (χ1) is 21.9. The van der Waals surface area contributed by atoms with E-state index < -0.39 is 10.8 Å². The molecule has 4 aromatic rings. The van der Waals surface area contributed by atoms with Crippen molar-refractivity contribution in [1.29, 1.82) is 0 Å². The number of ketones is 1. The molecule has 3 aromatic carbocycles. The highest BCUT2D eigenvalue weighted by Crippen LogP contribution is 2.31. The normalized spacial score (nSPS) is 12.0. The third-order valence-electron chi connectivity index (χ3n) is 7.43. The standard InChI is InChI=1S/C37H44N2O5S/c1-5-7-19-43-20-21-44-34-13-16-36(28(3)22-34)30-11-17-37(42-4)31(24-30)10-12-33(40)23-29-8-14-35(15-9-29)45(41)26-32-25-38-27-39(32)18-6-2/h8-17,22,24-25,27H,5-7,18-21,23,26H2,1-4H3/b12-10+/t45-/m1/s1. The molecule has 45 heavy (non-hydrogen) atoms. The fraction of sp³-hybridized carbons (Fsp3) is 0.351. The lowest BCUT2D eigenvalue weighted by Gasteiger charge is -2.13. The van der Waals surface area contributed by atoms with Gasteiger partial charge < -0.3 is 18.8 Å². The number of methoxy groups -OCH3 is 1. The Morgan fingerprint density at radius 2 is 1.80 bits per heavy atom. The van der Waals surface area contributed by atoms with Crippen LogP contribution in [0.2, 0.25) is 0 Å². The van der Waals surface area contributed by atoms with Crippen molar-refractivity contribution in [3.8, 4) is 22.6 Å². The summed E-state index contributed by atoms with van der Waals surface area (Å²) in [6, 6.07) is 19.5. The fourth-order valence-electron chi connectivity index (χ4n) is 4.98. The molecule has 0 amide bonds. The maximum atomic E-state index is 12.9. The highest BCUT2D eigenvalue weighted by atomic mass is 32.2. The number of ether oxygens (including phenoxy) is 3. The van der Waals surface area contributed by atoms with Gasteiger partial charge in [-0.1, -0.05) is 44.5 Å². The Labute approximate surface area is 269 Å². The number of hydrogen-bond acceptors (Lipinski definition) is 6. The summed E-state index contributed by atoms with van der Waals surface area (Å²) in [4.78, 5) is 17.8. The molecule has 0 saturated carbocycles. The van der Waals surface area contributed by atoms with Gasteiger partial charge in [0, 0.05) is 36.2 Å². The van der Waals surface area contributed by atoms with Crippen LogP contribution in [0.3, 0.4) is 0 Å². The van der Waals surface area contributed by atoms with Crippen molar-refractivity contribution in [2.45, 2.75) is 63.6 Å². The van der Waals surface area contributed by atoms with E-state index in [0.717, 1.165) is 76.6 Å². The lowest BCUT2D eigenvalue weighted by molar-refractivity contribution is -0.113. The number of carbonyl (C=O) groups excluding carboxylic acids is 1. The van der Waals surface area contributed by atoms with Gasteiger partial charge in [0.05, 0.1) is 42.3 Å². The van der Waals surface area contributed by atoms with Crippen LogP contribution in [0.5, 0.6) is 11.5 Å². The maximum Gasteiger partial charge on any atom is 0.160 e. The zero-order valence-electron chi connectivity index (χ0n) is 26.8. The molecule has 0 unspecified atom stereocenters. The van der Waals surface area contributed by atoms with Gasteiger partial charge in [-0.3, -0.25) is 9.00 Å². The molecule has 0 aliphatic rings. The van der Waals surface area contributed by atoms with E-state index in [0.29, 0.717) is 24.7 Å². The van der Waals surface area contributed by atoms with E-state index in [1.165, 1.54) is 0 Å². The number of benzene rings is 3. The molecule has 0 fully saturated rings. The van der Waals surface area contributed by atoms with Crippen LogP contribution in [0.4, 0.5) is 0 Å². The van der Waals surface area contributed by atoms with Crippen LogP contribution < -0.4 is 9.47 Å². The summed E-state index contributed by atoms with van der Waals surface area (Å²) in [6.45, 7) is 9.03. The molecule has 1 heterocycles. The zero-order valence-corrected chi connectivity index (χ0v) is 27.6. The SMILES string of the molecule is CCCCOCCOc1ccc(-c2ccc(OC)c(/C=C/C(=O)Cc3ccc([S@](=O)Cc4cncn4CCC)cc3)c2)c(C)c1. The monoisotopic (exact) mass is 628 g/mol. The minimum absolute atomic E-state index is 0.0313. The molecular weight excluding hydrogens is 584 g/mol. The summed E-state index contributed by atoms with van der Waals surface area (Å²) >= 11 is 0. The number of rotatable bonds is 18. The Morgan fingerprint density at radius 3 is 2.53 bits per heavy atom. The predicted molar refractivity (Wildman–Crippen MR) is 181 cm³/mol. The Kier molecular flexibility index (Phi) is 13.2. The second-order valence-corrected chi connectivity index (χ2v) is 12.4. The molecule has 0 aliphatic heterocycles. The number of nitrogens with zero attached hydrogens (tertiary/aromatic N) is 2. The summed E-state index contributed by atoms with van der Waals surface area (Å²) < 4.78 is 32.0. The Morgan fingerprint density at radius 1 is 0.978 bits per heavy atom. The minimum Gasteiger partial charge on any atom is -0.496 e. The molecule has 0 bridgehead atoms. The zero-order chi connectivity index (χ0) is 32.0. The van der Waals surface area contributed by atoms with Crippen LogP contribution in [0, 0.1) is 6.92 Å². The molecule has 0 saturated heterocycles. The molecular formula is C37H44N2O5S. The molecule has 8 heteroatoms. The van der Waals surface area contributed by atoms with E-state index in [9.17, 15) is 9.00 Å². The number of aryl methyl sites for hydroxylation is 2. The Bertz CT molecular complexity index is 1590. The van der Waals surface area contributed by atoms with E-state index in [-0.39, 0.29) is 12.2 Å². The van der Waals surface area contributed by atoms with Gasteiger partial charge in [-0.15, -0.1) is 0 Å². The second-order valence-electron chi connectivity index (χ2n) is 10.9. The van der Waals surface area contributed by atoms with Gasteiger partial charge in [0.15, 0.2) is 5.78 Å². The molecule has 0 spiro atoms. The van der Waals surface area contributed by atoms with E-state index in [1.54, 1.807) is 31.8 Å². The van der Waals surface area contributed by atoms with Crippen molar-refractivity contribution >= 4 is 22.7 Å². The quantitative estimate of drug-likeness (QED) is 0.0834. The van der Waals surface area contributed by atoms with Crippen LogP contribution in [-0.4, -0.2) is 46.5 Å². The number of allylic oxidation sites excluding steroid dienone is 1. The summed E-state index contributed by atoms with van der Waals surface area (Å²) in [7, 11) is 0.435. The third kappa shape index (κ3) is 9.99. The molecule has 0 N–H and O–H groups in total. The third-order valence-corrected chi connectivity index (χ3v) is 8.79. The minimum atomic E-state index is -1.19. The molecule has 0 aliphatic carbocycles. The van der Waals surface area contributed by atoms with Crippen molar-refractivity contribution in [3.63, 3.8) is 0 Å². The van der Waals surface area contributed by atoms with Crippen LogP contribution in [0.1, 0.15) is 55.5 Å². The van der Waals surface area contributed by atoms with Crippen LogP contribution in [0.25, 0.3) is 17.2 Å². The first-order valence-electron chi connectivity index (χ1n) is 15.6. The summed E-state index contributed by atoms with van der Waals surface area (Å²) in [5, 5.41) is 0. The highest BCUT2D eigenvalue weighted by Gasteiger charge is 2.11. The molecule has 1 aromatic heterocycles. The summed E-state index contributed by atoms with van der Waals surface area (Å²) in [5.74, 6) is 1.88. The van der Waals surface area contributed by atoms with Gasteiger partial charge in [0.1, 0.15) is 18.1 Å². The van der Waals surface area contributed by atoms with Crippen LogP contribution in [-0.2, 0) is 39.0 Å². The number of unbranched alkanes of at least 4 members (excludes halogenated alkanes) is 1. The lowest BCUT2D eigenvalue weighted by Crippen LogP contribution is -2.07. The number of aromatic nitrogens is 2. The smallest absolute Gasteiger partial charge is 0.160 e. The van der Waals surface area contributed by atoms with Crippen molar-refractivity contribution in [2.24, 2.45) is 0 Å². The van der Waals surface area contributed by atoms with Crippen molar-refractivity contribution < 1.29 is 23.2 Å². The predicted octanol–water partition coefficient (Wildman–Crippen LogP) is 7.61. The molecule has 0 radical (unpaired) electrons. The van der Waals surface area contributed by atoms with Crippen LogP contribution >= 0.6 is 0 Å². The molecule has 4 rings (SSSR count). The van der Waals surface area contributed by atoms with Gasteiger partial charge in [-0.25, -0.2) is 4.98 Å². The van der Waals surface area contributed by atoms with E-state index >= 15 is 0 Å². The van der Waals surface area contributed by atoms with Gasteiger partial charge >= 0.3 is 0 Å². The van der Waals surface area contributed by atoms with Crippen molar-refractivity contribution in [2.75, 3.05) is 26.9 Å². The molecule has 1 atom stereocenters. The molecule has 7 nitrogen and oxygen atoms in total. The van der Waals surface area contributed by atoms with Gasteiger partial charge in [-0.05, 0) is 90.6 Å². The maximum absolute atomic E-state index is 12.9. The van der Waals surface area contributed by atoms with Gasteiger partial charge in [-0.2, -0.15) is 0 Å². The lowest BCUT2D eigenvalue weighted by atomic mass is 9.97. The number of imidazole rings is 1. The summed E-state index contributed by atoms with van der Waals surface area (Å²) in [6.07, 6.45) is 10.4. The van der Waals surface area contributed by atoms with E-state index in [2.05, 4.69) is 31.8 Å². The van der Waals surface area contributed by atoms with Crippen molar-refractivity contribution in [1.82, 2.24) is 9.55 Å². The average Bonchev–Trinajstić information content (AvgIpc) is 3.48. The average molecular weight is 629 g/mol.